The van der Waals surface area contributed by atoms with Crippen molar-refractivity contribution in [1.82, 2.24) is 10.2 Å². The van der Waals surface area contributed by atoms with E-state index in [1.807, 2.05) is 25.2 Å². The van der Waals surface area contributed by atoms with Gasteiger partial charge in [0.1, 0.15) is 5.75 Å². The number of rotatable bonds is 4. The summed E-state index contributed by atoms with van der Waals surface area (Å²) < 4.78 is 0. The molecule has 4 rings (SSSR count). The number of guanidine groups is 1. The number of hydrogen-bond acceptors (Lipinski definition) is 4. The van der Waals surface area contributed by atoms with Gasteiger partial charge in [-0.25, -0.2) is 0 Å². The van der Waals surface area contributed by atoms with Gasteiger partial charge in [0.25, 0.3) is 0 Å². The number of aliphatic imine (C=N–C) groups is 1. The number of piperazine rings is 1. The van der Waals surface area contributed by atoms with Crippen molar-refractivity contribution in [2.45, 2.75) is 6.42 Å². The van der Waals surface area contributed by atoms with Gasteiger partial charge in [0.15, 0.2) is 5.96 Å². The Balaban J connectivity index is 0.00000256. The number of hydrogen-bond donors (Lipinski definition) is 2. The van der Waals surface area contributed by atoms with Crippen LogP contribution in [0, 0.1) is 5.92 Å². The standard InChI is InChI=1S/C23H31N5O.HI/c1-24-23(25-17-19-11-12-28(18-19)20-7-3-2-4-8-20)27-15-13-26(14-16-27)21-9-5-6-10-22(21)29;/h2-10,19,29H,11-18H2,1H3,(H,24,25);1H. The number of nitrogens with zero attached hydrogens (tertiary/aromatic N) is 4. The van der Waals surface area contributed by atoms with Crippen molar-refractivity contribution >= 4 is 41.3 Å². The lowest BCUT2D eigenvalue weighted by Crippen LogP contribution is -2.53. The molecule has 0 bridgehead atoms. The van der Waals surface area contributed by atoms with Gasteiger partial charge < -0.3 is 25.1 Å². The molecule has 2 heterocycles. The number of aromatic hydroxyl groups is 1. The highest BCUT2D eigenvalue weighted by Gasteiger charge is 2.25. The zero-order chi connectivity index (χ0) is 20.1. The van der Waals surface area contributed by atoms with E-state index in [0.717, 1.165) is 57.5 Å². The number of anilines is 2. The third kappa shape index (κ3) is 5.30. The topological polar surface area (TPSA) is 54.3 Å². The highest BCUT2D eigenvalue weighted by Crippen LogP contribution is 2.27. The van der Waals surface area contributed by atoms with Gasteiger partial charge in [-0.15, -0.1) is 24.0 Å². The van der Waals surface area contributed by atoms with Crippen molar-refractivity contribution in [3.05, 3.63) is 54.6 Å². The van der Waals surface area contributed by atoms with Crippen LogP contribution in [-0.2, 0) is 0 Å². The molecule has 1 atom stereocenters. The summed E-state index contributed by atoms with van der Waals surface area (Å²) >= 11 is 0. The number of benzene rings is 2. The third-order valence-corrected chi connectivity index (χ3v) is 5.97. The predicted octanol–water partition coefficient (Wildman–Crippen LogP) is 3.23. The Morgan fingerprint density at radius 2 is 1.67 bits per heavy atom. The zero-order valence-corrected chi connectivity index (χ0v) is 19.9. The molecule has 6 nitrogen and oxygen atoms in total. The van der Waals surface area contributed by atoms with Crippen molar-refractivity contribution in [1.29, 1.82) is 0 Å². The second kappa shape index (κ2) is 10.7. The fraction of sp³-hybridized carbons (Fsp3) is 0.435. The van der Waals surface area contributed by atoms with Crippen LogP contribution in [0.5, 0.6) is 5.75 Å². The lowest BCUT2D eigenvalue weighted by atomic mass is 10.1. The normalized spacial score (nSPS) is 19.6. The quantitative estimate of drug-likeness (QED) is 0.368. The van der Waals surface area contributed by atoms with E-state index >= 15 is 0 Å². The Labute approximate surface area is 196 Å². The molecule has 0 saturated carbocycles. The van der Waals surface area contributed by atoms with Crippen LogP contribution in [0.1, 0.15) is 6.42 Å². The smallest absolute Gasteiger partial charge is 0.193 e. The molecule has 2 aliphatic rings. The Morgan fingerprint density at radius 3 is 2.37 bits per heavy atom. The minimum atomic E-state index is 0. The maximum atomic E-state index is 10.1. The van der Waals surface area contributed by atoms with Gasteiger partial charge in [0, 0.05) is 58.5 Å². The van der Waals surface area contributed by atoms with Crippen LogP contribution in [0.3, 0.4) is 0 Å². The summed E-state index contributed by atoms with van der Waals surface area (Å²) in [5.41, 5.74) is 2.24. The molecule has 2 N–H and O–H groups in total. The average molecular weight is 521 g/mol. The molecule has 7 heteroatoms. The van der Waals surface area contributed by atoms with Crippen molar-refractivity contribution in [3.8, 4) is 5.75 Å². The Kier molecular flexibility index (Phi) is 8.07. The summed E-state index contributed by atoms with van der Waals surface area (Å²) in [6.45, 7) is 6.72. The zero-order valence-electron chi connectivity index (χ0n) is 17.6. The number of para-hydroxylation sites is 3. The van der Waals surface area contributed by atoms with Crippen LogP contribution in [0.2, 0.25) is 0 Å². The van der Waals surface area contributed by atoms with Gasteiger partial charge in [-0.3, -0.25) is 4.99 Å². The van der Waals surface area contributed by atoms with Crippen LogP contribution in [0.15, 0.2) is 59.6 Å². The third-order valence-electron chi connectivity index (χ3n) is 5.97. The fourth-order valence-electron chi connectivity index (χ4n) is 4.33. The van der Waals surface area contributed by atoms with Crippen LogP contribution < -0.4 is 15.1 Å². The number of phenols is 1. The van der Waals surface area contributed by atoms with Gasteiger partial charge in [-0.1, -0.05) is 30.3 Å². The molecule has 0 amide bonds. The minimum Gasteiger partial charge on any atom is -0.506 e. The molecular formula is C23H32IN5O. The lowest BCUT2D eigenvalue weighted by molar-refractivity contribution is 0.366. The van der Waals surface area contributed by atoms with Gasteiger partial charge in [-0.2, -0.15) is 0 Å². The Hall–Kier alpha value is -2.16. The SMILES string of the molecule is CN=C(NCC1CCN(c2ccccc2)C1)N1CCN(c2ccccc2O)CC1.I. The Morgan fingerprint density at radius 1 is 0.967 bits per heavy atom. The Bertz CT molecular complexity index is 823. The van der Waals surface area contributed by atoms with E-state index in [1.165, 1.54) is 12.1 Å². The fourth-order valence-corrected chi connectivity index (χ4v) is 4.33. The molecule has 2 aromatic carbocycles. The van der Waals surface area contributed by atoms with Crippen LogP contribution in [-0.4, -0.2) is 68.8 Å². The summed E-state index contributed by atoms with van der Waals surface area (Å²) in [7, 11) is 1.86. The summed E-state index contributed by atoms with van der Waals surface area (Å²) in [5, 5.41) is 13.7. The maximum absolute atomic E-state index is 10.1. The molecule has 2 saturated heterocycles. The molecule has 30 heavy (non-hydrogen) atoms. The minimum absolute atomic E-state index is 0. The largest absolute Gasteiger partial charge is 0.506 e. The second-order valence-corrected chi connectivity index (χ2v) is 7.83. The monoisotopic (exact) mass is 521 g/mol. The molecule has 2 fully saturated rings. The van der Waals surface area contributed by atoms with E-state index in [-0.39, 0.29) is 24.0 Å². The first-order valence-electron chi connectivity index (χ1n) is 10.5. The van der Waals surface area contributed by atoms with E-state index in [1.54, 1.807) is 6.07 Å². The molecule has 162 valence electrons. The average Bonchev–Trinajstić information content (AvgIpc) is 3.25. The van der Waals surface area contributed by atoms with Gasteiger partial charge in [0.2, 0.25) is 0 Å². The first-order chi connectivity index (χ1) is 14.2. The predicted molar refractivity (Wildman–Crippen MR) is 135 cm³/mol. The molecule has 0 spiro atoms. The van der Waals surface area contributed by atoms with Crippen LogP contribution in [0.4, 0.5) is 11.4 Å². The number of halogens is 1. The highest BCUT2D eigenvalue weighted by molar-refractivity contribution is 14.0. The van der Waals surface area contributed by atoms with Crippen molar-refractivity contribution in [2.24, 2.45) is 10.9 Å². The molecule has 0 aliphatic carbocycles. The first kappa shape index (κ1) is 22.5. The number of phenolic OH excluding ortho intramolecular Hbond substituents is 1. The van der Waals surface area contributed by atoms with Crippen molar-refractivity contribution in [2.75, 3.05) is 62.7 Å². The molecule has 2 aliphatic heterocycles. The van der Waals surface area contributed by atoms with Crippen molar-refractivity contribution < 1.29 is 5.11 Å². The van der Waals surface area contributed by atoms with Gasteiger partial charge >= 0.3 is 0 Å². The van der Waals surface area contributed by atoms with Gasteiger partial charge in [-0.05, 0) is 36.6 Å². The molecular weight excluding hydrogens is 489 g/mol. The first-order valence-corrected chi connectivity index (χ1v) is 10.5. The molecule has 0 radical (unpaired) electrons. The summed E-state index contributed by atoms with van der Waals surface area (Å²) in [6.07, 6.45) is 1.21. The summed E-state index contributed by atoms with van der Waals surface area (Å²) in [6, 6.07) is 18.2. The number of nitrogens with one attached hydrogen (secondary N) is 1. The maximum Gasteiger partial charge on any atom is 0.193 e. The lowest BCUT2D eigenvalue weighted by Gasteiger charge is -2.38. The van der Waals surface area contributed by atoms with Crippen LogP contribution in [0.25, 0.3) is 0 Å². The van der Waals surface area contributed by atoms with Gasteiger partial charge in [0.05, 0.1) is 5.69 Å². The van der Waals surface area contributed by atoms with E-state index in [2.05, 4.69) is 55.3 Å². The highest BCUT2D eigenvalue weighted by atomic mass is 127. The molecule has 0 aromatic heterocycles. The van der Waals surface area contributed by atoms with E-state index in [4.69, 9.17) is 0 Å². The van der Waals surface area contributed by atoms with Crippen molar-refractivity contribution in [3.63, 3.8) is 0 Å². The summed E-state index contributed by atoms with van der Waals surface area (Å²) in [4.78, 5) is 11.6. The van der Waals surface area contributed by atoms with E-state index < -0.39 is 0 Å². The van der Waals surface area contributed by atoms with E-state index in [0.29, 0.717) is 11.7 Å². The van der Waals surface area contributed by atoms with E-state index in [9.17, 15) is 5.11 Å². The molecule has 1 unspecified atom stereocenters. The summed E-state index contributed by atoms with van der Waals surface area (Å²) in [5.74, 6) is 1.97. The van der Waals surface area contributed by atoms with Crippen LogP contribution >= 0.6 is 24.0 Å². The molecule has 2 aromatic rings. The second-order valence-electron chi connectivity index (χ2n) is 7.83.